The van der Waals surface area contributed by atoms with Gasteiger partial charge >= 0.3 is 6.09 Å². The first kappa shape index (κ1) is 15.9. The summed E-state index contributed by atoms with van der Waals surface area (Å²) in [6.07, 6.45) is -0.520. The fourth-order valence-electron chi connectivity index (χ4n) is 1.95. The molecule has 0 aliphatic heterocycles. The Morgan fingerprint density at radius 1 is 0.909 bits per heavy atom. The van der Waals surface area contributed by atoms with Crippen LogP contribution in [0.5, 0.6) is 11.5 Å². The van der Waals surface area contributed by atoms with E-state index in [-0.39, 0.29) is 5.41 Å². The molecule has 0 unspecified atom stereocenters. The average Bonchev–Trinajstić information content (AvgIpc) is 2.47. The lowest BCUT2D eigenvalue weighted by Crippen LogP contribution is -2.17. The quantitative estimate of drug-likeness (QED) is 0.900. The van der Waals surface area contributed by atoms with Gasteiger partial charge in [0, 0.05) is 5.69 Å². The first-order valence-corrected chi connectivity index (χ1v) is 7.12. The normalized spacial score (nSPS) is 10.9. The van der Waals surface area contributed by atoms with E-state index in [2.05, 4.69) is 26.1 Å². The molecule has 22 heavy (non-hydrogen) atoms. The molecule has 4 heteroatoms. The van der Waals surface area contributed by atoms with Crippen molar-refractivity contribution in [1.29, 1.82) is 0 Å². The first-order chi connectivity index (χ1) is 10.4. The van der Waals surface area contributed by atoms with Gasteiger partial charge < -0.3 is 9.47 Å². The number of carbonyl (C=O) groups excluding carboxylic acids is 1. The van der Waals surface area contributed by atoms with Crippen molar-refractivity contribution in [3.63, 3.8) is 0 Å². The fraction of sp³-hybridized carbons (Fsp3) is 0.278. The minimum Gasteiger partial charge on any atom is -0.497 e. The molecular formula is C18H21NO3. The monoisotopic (exact) mass is 299 g/mol. The second-order valence-electron chi connectivity index (χ2n) is 6.02. The van der Waals surface area contributed by atoms with Crippen molar-refractivity contribution >= 4 is 11.8 Å². The number of hydrogen-bond donors (Lipinski definition) is 1. The van der Waals surface area contributed by atoms with Gasteiger partial charge in [0.2, 0.25) is 0 Å². The largest absolute Gasteiger partial charge is 0.497 e. The molecule has 0 saturated heterocycles. The van der Waals surface area contributed by atoms with Crippen LogP contribution in [0.1, 0.15) is 26.3 Å². The predicted octanol–water partition coefficient (Wildman–Crippen LogP) is 4.60. The van der Waals surface area contributed by atoms with Crippen molar-refractivity contribution in [1.82, 2.24) is 0 Å². The smallest absolute Gasteiger partial charge is 0.417 e. The van der Waals surface area contributed by atoms with E-state index in [1.165, 1.54) is 5.56 Å². The maximum atomic E-state index is 11.9. The third-order valence-corrected chi connectivity index (χ3v) is 3.27. The molecule has 4 nitrogen and oxygen atoms in total. The maximum absolute atomic E-state index is 11.9. The lowest BCUT2D eigenvalue weighted by atomic mass is 9.87. The van der Waals surface area contributed by atoms with Gasteiger partial charge in [-0.05, 0) is 47.4 Å². The number of benzene rings is 2. The van der Waals surface area contributed by atoms with E-state index in [4.69, 9.17) is 9.47 Å². The molecule has 0 atom stereocenters. The Morgan fingerprint density at radius 2 is 1.45 bits per heavy atom. The second-order valence-corrected chi connectivity index (χ2v) is 6.02. The Labute approximate surface area is 131 Å². The Balaban J connectivity index is 1.96. The van der Waals surface area contributed by atoms with Crippen molar-refractivity contribution in [3.05, 3.63) is 54.1 Å². The van der Waals surface area contributed by atoms with Crippen LogP contribution in [0, 0.1) is 0 Å². The molecule has 1 amide bonds. The number of nitrogens with one attached hydrogen (secondary N) is 1. The minimum absolute atomic E-state index is 0.0733. The zero-order valence-corrected chi connectivity index (χ0v) is 13.3. The van der Waals surface area contributed by atoms with Crippen molar-refractivity contribution in [2.24, 2.45) is 0 Å². The molecule has 0 aromatic heterocycles. The molecule has 0 radical (unpaired) electrons. The van der Waals surface area contributed by atoms with Gasteiger partial charge in [-0.1, -0.05) is 32.9 Å². The molecule has 0 bridgehead atoms. The van der Waals surface area contributed by atoms with Crippen molar-refractivity contribution < 1.29 is 14.3 Å². The summed E-state index contributed by atoms with van der Waals surface area (Å²) in [5.74, 6) is 1.25. The van der Waals surface area contributed by atoms with E-state index >= 15 is 0 Å². The number of hydrogen-bond acceptors (Lipinski definition) is 3. The molecule has 1 N–H and O–H groups in total. The van der Waals surface area contributed by atoms with Gasteiger partial charge in [0.05, 0.1) is 7.11 Å². The zero-order valence-electron chi connectivity index (χ0n) is 13.3. The van der Waals surface area contributed by atoms with Gasteiger partial charge in [-0.25, -0.2) is 4.79 Å². The van der Waals surface area contributed by atoms with Gasteiger partial charge in [-0.2, -0.15) is 0 Å². The molecule has 0 aliphatic carbocycles. The van der Waals surface area contributed by atoms with E-state index in [9.17, 15) is 4.79 Å². The third kappa shape index (κ3) is 4.25. The molecule has 116 valence electrons. The Hall–Kier alpha value is -2.49. The minimum atomic E-state index is -0.520. The summed E-state index contributed by atoms with van der Waals surface area (Å²) in [5.41, 5.74) is 1.91. The second kappa shape index (κ2) is 6.52. The van der Waals surface area contributed by atoms with Crippen LogP contribution in [0.4, 0.5) is 10.5 Å². The number of rotatable bonds is 3. The van der Waals surface area contributed by atoms with Crippen LogP contribution < -0.4 is 14.8 Å². The summed E-state index contributed by atoms with van der Waals surface area (Å²) in [6.45, 7) is 6.41. The predicted molar refractivity (Wildman–Crippen MR) is 87.8 cm³/mol. The van der Waals surface area contributed by atoms with Gasteiger partial charge in [0.15, 0.2) is 0 Å². The summed E-state index contributed by atoms with van der Waals surface area (Å²) in [4.78, 5) is 11.9. The van der Waals surface area contributed by atoms with Crippen LogP contribution in [0.2, 0.25) is 0 Å². The van der Waals surface area contributed by atoms with Crippen LogP contribution in [0.3, 0.4) is 0 Å². The zero-order chi connectivity index (χ0) is 16.2. The molecule has 0 saturated carbocycles. The molecule has 2 aromatic rings. The molecule has 0 aliphatic rings. The number of methoxy groups -OCH3 is 1. The molecule has 2 aromatic carbocycles. The SMILES string of the molecule is COc1ccc(NC(=O)Oc2ccc(C(C)(C)C)cc2)cc1. The van der Waals surface area contributed by atoms with Gasteiger partial charge in [0.1, 0.15) is 11.5 Å². The number of anilines is 1. The standard InChI is InChI=1S/C18H21NO3/c1-18(2,3)13-5-9-16(10-6-13)22-17(20)19-14-7-11-15(21-4)12-8-14/h5-12H,1-4H3,(H,19,20). The summed E-state index contributed by atoms with van der Waals surface area (Å²) in [7, 11) is 1.60. The van der Waals surface area contributed by atoms with Crippen LogP contribution in [0.15, 0.2) is 48.5 Å². The highest BCUT2D eigenvalue weighted by Gasteiger charge is 2.13. The van der Waals surface area contributed by atoms with Gasteiger partial charge in [-0.3, -0.25) is 5.32 Å². The van der Waals surface area contributed by atoms with Crippen molar-refractivity contribution in [3.8, 4) is 11.5 Å². The van der Waals surface area contributed by atoms with Gasteiger partial charge in [0.25, 0.3) is 0 Å². The molecule has 2 rings (SSSR count). The summed E-state index contributed by atoms with van der Waals surface area (Å²) in [6, 6.07) is 14.6. The molecule has 0 spiro atoms. The van der Waals surface area contributed by atoms with Gasteiger partial charge in [-0.15, -0.1) is 0 Å². The van der Waals surface area contributed by atoms with E-state index < -0.39 is 6.09 Å². The number of ether oxygens (including phenoxy) is 2. The lowest BCUT2D eigenvalue weighted by molar-refractivity contribution is 0.215. The fourth-order valence-corrected chi connectivity index (χ4v) is 1.95. The maximum Gasteiger partial charge on any atom is 0.417 e. The first-order valence-electron chi connectivity index (χ1n) is 7.12. The highest BCUT2D eigenvalue weighted by molar-refractivity contribution is 5.86. The number of amides is 1. The van der Waals surface area contributed by atoms with Crippen molar-refractivity contribution in [2.75, 3.05) is 12.4 Å². The van der Waals surface area contributed by atoms with Crippen molar-refractivity contribution in [2.45, 2.75) is 26.2 Å². The van der Waals surface area contributed by atoms with E-state index in [0.29, 0.717) is 11.4 Å². The van der Waals surface area contributed by atoms with E-state index in [1.54, 1.807) is 43.5 Å². The van der Waals surface area contributed by atoms with Crippen LogP contribution in [0.25, 0.3) is 0 Å². The summed E-state index contributed by atoms with van der Waals surface area (Å²) < 4.78 is 10.3. The Morgan fingerprint density at radius 3 is 1.95 bits per heavy atom. The summed E-state index contributed by atoms with van der Waals surface area (Å²) in [5, 5.41) is 2.67. The third-order valence-electron chi connectivity index (χ3n) is 3.27. The van der Waals surface area contributed by atoms with Crippen LogP contribution >= 0.6 is 0 Å². The molecule has 0 fully saturated rings. The Kier molecular flexibility index (Phi) is 4.71. The van der Waals surface area contributed by atoms with E-state index in [1.807, 2.05) is 12.1 Å². The summed E-state index contributed by atoms with van der Waals surface area (Å²) >= 11 is 0. The van der Waals surface area contributed by atoms with Crippen LogP contribution in [-0.2, 0) is 5.41 Å². The molecular weight excluding hydrogens is 278 g/mol. The number of carbonyl (C=O) groups is 1. The highest BCUT2D eigenvalue weighted by Crippen LogP contribution is 2.24. The lowest BCUT2D eigenvalue weighted by Gasteiger charge is -2.19. The van der Waals surface area contributed by atoms with Crippen LogP contribution in [-0.4, -0.2) is 13.2 Å². The average molecular weight is 299 g/mol. The highest BCUT2D eigenvalue weighted by atomic mass is 16.6. The molecule has 0 heterocycles. The topological polar surface area (TPSA) is 47.6 Å². The Bertz CT molecular complexity index is 625. The van der Waals surface area contributed by atoms with E-state index in [0.717, 1.165) is 5.75 Å².